The third-order valence-electron chi connectivity index (χ3n) is 8.69. The molecule has 2 aromatic rings. The molecule has 1 aromatic carbocycles. The topological polar surface area (TPSA) is 101 Å². The first kappa shape index (κ1) is 39.5. The molecule has 2 fully saturated rings. The highest BCUT2D eigenvalue weighted by molar-refractivity contribution is 8.13. The molecule has 1 aromatic heterocycles. The zero-order valence-corrected chi connectivity index (χ0v) is 30.6. The molecule has 4 rings (SSSR count). The van der Waals surface area contributed by atoms with E-state index in [0.717, 1.165) is 57.9 Å². The predicted molar refractivity (Wildman–Crippen MR) is 196 cm³/mol. The minimum absolute atomic E-state index is 0.0595. The van der Waals surface area contributed by atoms with Gasteiger partial charge in [-0.15, -0.1) is 0 Å². The van der Waals surface area contributed by atoms with E-state index < -0.39 is 17.6 Å². The van der Waals surface area contributed by atoms with Gasteiger partial charge in [0.1, 0.15) is 17.3 Å². The summed E-state index contributed by atoms with van der Waals surface area (Å²) in [6.45, 7) is 12.3. The minimum Gasteiger partial charge on any atom is -0.493 e. The number of carbonyl (C=O) groups excluding carboxylic acids is 1. The number of thiocarbonyl (C=S) groups is 1. The van der Waals surface area contributed by atoms with Crippen LogP contribution in [-0.4, -0.2) is 95.9 Å². The lowest BCUT2D eigenvalue weighted by molar-refractivity contribution is -0.139. The molecule has 10 nitrogen and oxygen atoms in total. The Labute approximate surface area is 302 Å². The van der Waals surface area contributed by atoms with E-state index in [0.29, 0.717) is 42.3 Å². The average molecular weight is 737 g/mol. The first-order valence-electron chi connectivity index (χ1n) is 17.0. The number of aromatic nitrogens is 2. The Balaban J connectivity index is 1.47. The van der Waals surface area contributed by atoms with Crippen molar-refractivity contribution in [3.05, 3.63) is 54.0 Å². The third kappa shape index (κ3) is 11.6. The Morgan fingerprint density at radius 1 is 1.14 bits per heavy atom. The zero-order chi connectivity index (χ0) is 36.1. The number of benzene rings is 1. The Bertz CT molecular complexity index is 1470. The van der Waals surface area contributed by atoms with Crippen LogP contribution >= 0.6 is 24.0 Å². The molecule has 1 N–H and O–H groups in total. The maximum atomic E-state index is 14.0. The number of amides is 1. The van der Waals surface area contributed by atoms with Crippen molar-refractivity contribution >= 4 is 51.6 Å². The molecule has 274 valence electrons. The second-order valence-corrected chi connectivity index (χ2v) is 13.7. The van der Waals surface area contributed by atoms with E-state index in [2.05, 4.69) is 43.6 Å². The number of hydrogen-bond acceptors (Lipinski definition) is 11. The van der Waals surface area contributed by atoms with Crippen LogP contribution in [0.3, 0.4) is 0 Å². The van der Waals surface area contributed by atoms with Gasteiger partial charge in [-0.25, -0.2) is 15.0 Å². The molecule has 1 amide bonds. The van der Waals surface area contributed by atoms with Gasteiger partial charge < -0.3 is 19.1 Å². The number of anilines is 1. The van der Waals surface area contributed by atoms with Gasteiger partial charge in [-0.05, 0) is 76.5 Å². The third-order valence-corrected chi connectivity index (χ3v) is 10.00. The summed E-state index contributed by atoms with van der Waals surface area (Å²) in [4.78, 5) is 31.2. The number of alkyl halides is 3. The lowest BCUT2D eigenvalue weighted by atomic mass is 9.98. The lowest BCUT2D eigenvalue weighted by Gasteiger charge is -2.33. The summed E-state index contributed by atoms with van der Waals surface area (Å²) < 4.78 is 58.0. The number of halogens is 3. The number of ether oxygens (including phenoxy) is 3. The number of thioether (sulfide) groups is 1. The highest BCUT2D eigenvalue weighted by atomic mass is 32.2. The average Bonchev–Trinajstić information content (AvgIpc) is 3.10. The fourth-order valence-electron chi connectivity index (χ4n) is 5.84. The van der Waals surface area contributed by atoms with Crippen LogP contribution in [0.1, 0.15) is 74.0 Å². The first-order valence-corrected chi connectivity index (χ1v) is 18.4. The molecule has 0 bridgehead atoms. The molecule has 0 radical (unpaired) electrons. The molecule has 0 saturated carbocycles. The van der Waals surface area contributed by atoms with E-state index in [1.807, 2.05) is 6.92 Å². The van der Waals surface area contributed by atoms with Gasteiger partial charge >= 0.3 is 6.18 Å². The molecule has 50 heavy (non-hydrogen) atoms. The zero-order valence-electron chi connectivity index (χ0n) is 29.0. The monoisotopic (exact) mass is 736 g/mol. The van der Waals surface area contributed by atoms with Gasteiger partial charge in [-0.1, -0.05) is 24.8 Å². The number of methoxy groups -OCH3 is 1. The number of nitrogens with zero attached hydrogens (tertiary/aromatic N) is 5. The van der Waals surface area contributed by atoms with Crippen molar-refractivity contribution < 1.29 is 32.2 Å². The van der Waals surface area contributed by atoms with E-state index in [-0.39, 0.29) is 40.4 Å². The smallest absolute Gasteiger partial charge is 0.419 e. The number of piperidine rings is 2. The summed E-state index contributed by atoms with van der Waals surface area (Å²) in [7, 11) is 1.52. The van der Waals surface area contributed by atoms with E-state index in [9.17, 15) is 18.0 Å². The first-order chi connectivity index (χ1) is 24.0. The molecule has 0 unspecified atom stereocenters. The van der Waals surface area contributed by atoms with Gasteiger partial charge in [0.15, 0.2) is 10.2 Å². The van der Waals surface area contributed by atoms with Crippen LogP contribution in [0.15, 0.2) is 42.2 Å². The van der Waals surface area contributed by atoms with Gasteiger partial charge in [0, 0.05) is 63.0 Å². The summed E-state index contributed by atoms with van der Waals surface area (Å²) in [6, 6.07) is 4.16. The van der Waals surface area contributed by atoms with E-state index >= 15 is 0 Å². The van der Waals surface area contributed by atoms with Crippen LogP contribution in [-0.2, 0) is 15.7 Å². The summed E-state index contributed by atoms with van der Waals surface area (Å²) in [5.74, 6) is 0.659. The van der Waals surface area contributed by atoms with Gasteiger partial charge in [-0.3, -0.25) is 15.0 Å². The number of likely N-dealkylation sites (tertiary alicyclic amines) is 1. The molecule has 2 aliphatic heterocycles. The molecular weight excluding hydrogens is 690 g/mol. The Morgan fingerprint density at radius 3 is 2.58 bits per heavy atom. The molecular formula is C35H47F3N6O4S2. The summed E-state index contributed by atoms with van der Waals surface area (Å²) in [5.41, 5.74) is -0.644. The summed E-state index contributed by atoms with van der Waals surface area (Å²) in [5, 5.41) is 3.65. The van der Waals surface area contributed by atoms with Crippen molar-refractivity contribution in [2.24, 2.45) is 10.9 Å². The van der Waals surface area contributed by atoms with Gasteiger partial charge in [0.2, 0.25) is 0 Å². The Hall–Kier alpha value is -3.27. The second-order valence-electron chi connectivity index (χ2n) is 12.2. The molecule has 0 aliphatic carbocycles. The van der Waals surface area contributed by atoms with Gasteiger partial charge in [0.05, 0.1) is 36.9 Å². The highest BCUT2D eigenvalue weighted by Crippen LogP contribution is 2.38. The molecule has 15 heteroatoms. The van der Waals surface area contributed by atoms with Crippen molar-refractivity contribution in [1.82, 2.24) is 20.2 Å². The van der Waals surface area contributed by atoms with Crippen LogP contribution in [0, 0.1) is 5.92 Å². The number of hydrogen-bond donors (Lipinski definition) is 1. The number of amidine groups is 1. The number of carbonyl (C=O) groups is 1. The van der Waals surface area contributed by atoms with Crippen molar-refractivity contribution in [1.29, 1.82) is 0 Å². The Morgan fingerprint density at radius 2 is 1.92 bits per heavy atom. The molecule has 2 aliphatic rings. The fourth-order valence-corrected chi connectivity index (χ4v) is 7.05. The number of aliphatic imine (C=N–C) groups is 1. The van der Waals surface area contributed by atoms with Crippen LogP contribution in [0.4, 0.5) is 19.0 Å². The number of nitrogens with one attached hydrogen (secondary N) is 1. The maximum absolute atomic E-state index is 14.0. The van der Waals surface area contributed by atoms with E-state index in [4.69, 9.17) is 26.4 Å². The largest absolute Gasteiger partial charge is 0.493 e. The molecule has 2 saturated heterocycles. The van der Waals surface area contributed by atoms with Crippen LogP contribution in [0.5, 0.6) is 5.75 Å². The SMILES string of the molecule is C=C(/N=C(/NC(=O)c1cnc(N2CCC(C(=S)OCC)CC2)cn1)SCCN1CCCC[C@H]1C)c1ccc(OCCCOC)c(C(F)(F)F)c1. The minimum atomic E-state index is -4.66. The van der Waals surface area contributed by atoms with Crippen LogP contribution in [0.2, 0.25) is 0 Å². The fraction of sp³-hybridized carbons (Fsp3) is 0.571. The van der Waals surface area contributed by atoms with Crippen molar-refractivity contribution in [2.75, 3.05) is 63.8 Å². The van der Waals surface area contributed by atoms with Crippen LogP contribution < -0.4 is 15.0 Å². The molecule has 1 atom stereocenters. The highest BCUT2D eigenvalue weighted by Gasteiger charge is 2.35. The molecule has 0 spiro atoms. The summed E-state index contributed by atoms with van der Waals surface area (Å²) in [6.07, 6.45) is 3.89. The van der Waals surface area contributed by atoms with Gasteiger partial charge in [0.25, 0.3) is 5.91 Å². The number of rotatable bonds is 14. The normalized spacial score (nSPS) is 17.8. The standard InChI is InChI=1S/C35H47F3N6O4S2/c1-5-47-33(49)26-12-15-44(16-13-26)31-23-39-29(22-40-31)32(45)42-34(50-20-17-43-14-7-6-9-24(43)2)41-25(3)27-10-11-30(48-19-8-18-46-4)28(21-27)35(36,37)38/h10-11,21-24,26H,3,5-9,12-20H2,1-2,4H3,(H,41,42,45)/t24-/m1/s1. The van der Waals surface area contributed by atoms with Crippen molar-refractivity contribution in [3.8, 4) is 5.75 Å². The quantitative estimate of drug-likeness (QED) is 0.0959. The maximum Gasteiger partial charge on any atom is 0.419 e. The molecule has 3 heterocycles. The van der Waals surface area contributed by atoms with E-state index in [1.165, 1.54) is 43.6 Å². The second kappa shape index (κ2) is 19.4. The predicted octanol–water partition coefficient (Wildman–Crippen LogP) is 6.86. The van der Waals surface area contributed by atoms with Crippen LogP contribution in [0.25, 0.3) is 5.70 Å². The summed E-state index contributed by atoms with van der Waals surface area (Å²) >= 11 is 6.69. The Kier molecular flexibility index (Phi) is 15.3. The lowest BCUT2D eigenvalue weighted by Crippen LogP contribution is -2.39. The van der Waals surface area contributed by atoms with E-state index in [1.54, 1.807) is 6.20 Å². The van der Waals surface area contributed by atoms with Crippen molar-refractivity contribution in [2.45, 2.75) is 64.6 Å². The van der Waals surface area contributed by atoms with Gasteiger partial charge in [-0.2, -0.15) is 13.2 Å². The van der Waals surface area contributed by atoms with Crippen molar-refractivity contribution in [3.63, 3.8) is 0 Å².